The minimum atomic E-state index is -1.98. The molecule has 0 bridgehead atoms. The van der Waals surface area contributed by atoms with Crippen LogP contribution in [-0.4, -0.2) is 74.7 Å². The molecule has 3 fully saturated rings. The molecule has 41 heavy (non-hydrogen) atoms. The van der Waals surface area contributed by atoms with Crippen LogP contribution >= 0.6 is 23.2 Å². The molecule has 13 heteroatoms. The highest BCUT2D eigenvalue weighted by atomic mass is 35.5. The summed E-state index contributed by atoms with van der Waals surface area (Å²) in [5.74, 6) is -5.72. The zero-order chi connectivity index (χ0) is 29.6. The molecule has 4 amide bonds. The van der Waals surface area contributed by atoms with E-state index >= 15 is 0 Å². The van der Waals surface area contributed by atoms with E-state index in [0.29, 0.717) is 11.1 Å². The number of allylic oxidation sites excluding steroid dienone is 2. The van der Waals surface area contributed by atoms with Gasteiger partial charge in [-0.05, 0) is 42.4 Å². The number of phenols is 1. The SMILES string of the molecule is COc1cc(O)ccc1C1C2=CCC3C(=O)N(c4cccc(B(O)O)c4)C(=O)C3C2CC2(Cl)C(=O)N(C)C(=O)C12Cl. The van der Waals surface area contributed by atoms with Crippen LogP contribution < -0.4 is 15.1 Å². The first-order chi connectivity index (χ1) is 19.4. The molecule has 0 aromatic heterocycles. The van der Waals surface area contributed by atoms with Crippen molar-refractivity contribution >= 4 is 65.1 Å². The van der Waals surface area contributed by atoms with Crippen LogP contribution in [0, 0.1) is 17.8 Å². The number of likely N-dealkylation sites (tertiary alicyclic amines) is 1. The van der Waals surface area contributed by atoms with Crippen LogP contribution in [0.4, 0.5) is 5.69 Å². The molecule has 2 aromatic rings. The third-order valence-corrected chi connectivity index (χ3v) is 10.4. The van der Waals surface area contributed by atoms with Gasteiger partial charge in [0.15, 0.2) is 9.75 Å². The largest absolute Gasteiger partial charge is 0.508 e. The summed E-state index contributed by atoms with van der Waals surface area (Å²) in [6.07, 6.45) is 1.79. The number of fused-ring (bicyclic) bond motifs is 4. The molecule has 212 valence electrons. The van der Waals surface area contributed by atoms with Crippen LogP contribution in [0.15, 0.2) is 54.1 Å². The molecular weight excluding hydrogens is 574 g/mol. The number of phenolic OH excluding ortho intramolecular Hbond substituents is 1. The number of carbonyl (C=O) groups excluding carboxylic acids is 4. The van der Waals surface area contributed by atoms with E-state index in [0.717, 1.165) is 9.80 Å². The van der Waals surface area contributed by atoms with Gasteiger partial charge in [-0.1, -0.05) is 29.8 Å². The lowest BCUT2D eigenvalue weighted by molar-refractivity contribution is -0.138. The van der Waals surface area contributed by atoms with Crippen LogP contribution in [0.25, 0.3) is 0 Å². The van der Waals surface area contributed by atoms with Crippen molar-refractivity contribution in [1.29, 1.82) is 0 Å². The van der Waals surface area contributed by atoms with E-state index in [2.05, 4.69) is 0 Å². The first-order valence-corrected chi connectivity index (χ1v) is 13.7. The summed E-state index contributed by atoms with van der Waals surface area (Å²) >= 11 is 14.3. The molecule has 6 atom stereocenters. The number of rotatable bonds is 4. The number of alkyl halides is 2. The number of methoxy groups -OCH3 is 1. The summed E-state index contributed by atoms with van der Waals surface area (Å²) in [7, 11) is 0.896. The number of aromatic hydroxyl groups is 1. The molecular formula is C28H25BCl2N2O8. The van der Waals surface area contributed by atoms with Crippen molar-refractivity contribution in [3.8, 4) is 11.5 Å². The molecule has 0 radical (unpaired) electrons. The monoisotopic (exact) mass is 598 g/mol. The van der Waals surface area contributed by atoms with Crippen LogP contribution in [-0.2, 0) is 19.2 Å². The number of ether oxygens (including phenoxy) is 1. The summed E-state index contributed by atoms with van der Waals surface area (Å²) in [5.41, 5.74) is 1.28. The summed E-state index contributed by atoms with van der Waals surface area (Å²) in [6, 6.07) is 10.2. The topological polar surface area (TPSA) is 145 Å². The van der Waals surface area contributed by atoms with Gasteiger partial charge in [0.2, 0.25) is 11.8 Å². The van der Waals surface area contributed by atoms with Gasteiger partial charge in [0.25, 0.3) is 11.8 Å². The lowest BCUT2D eigenvalue weighted by Gasteiger charge is -2.51. The van der Waals surface area contributed by atoms with E-state index in [1.54, 1.807) is 12.1 Å². The Morgan fingerprint density at radius 2 is 1.73 bits per heavy atom. The first-order valence-electron chi connectivity index (χ1n) is 13.0. The van der Waals surface area contributed by atoms with Crippen molar-refractivity contribution in [3.63, 3.8) is 0 Å². The maximum absolute atomic E-state index is 14.0. The van der Waals surface area contributed by atoms with E-state index in [9.17, 15) is 34.3 Å². The Kier molecular flexibility index (Phi) is 6.31. The summed E-state index contributed by atoms with van der Waals surface area (Å²) in [4.78, 5) is 52.9. The van der Waals surface area contributed by atoms with Gasteiger partial charge in [0.05, 0.1) is 24.6 Å². The summed E-state index contributed by atoms with van der Waals surface area (Å²) < 4.78 is 5.54. The lowest BCUT2D eigenvalue weighted by atomic mass is 9.56. The van der Waals surface area contributed by atoms with Gasteiger partial charge in [-0.2, -0.15) is 0 Å². The second-order valence-electron chi connectivity index (χ2n) is 10.9. The number of amides is 4. The molecule has 4 aliphatic rings. The highest BCUT2D eigenvalue weighted by Crippen LogP contribution is 2.66. The fourth-order valence-corrected chi connectivity index (χ4v) is 8.12. The smallest absolute Gasteiger partial charge is 0.488 e. The highest BCUT2D eigenvalue weighted by Gasteiger charge is 2.76. The fourth-order valence-electron chi connectivity index (χ4n) is 7.11. The van der Waals surface area contributed by atoms with E-state index in [1.165, 1.54) is 50.6 Å². The Labute approximate surface area is 245 Å². The van der Waals surface area contributed by atoms with Gasteiger partial charge in [-0.15, -0.1) is 23.2 Å². The number of halogens is 2. The fraction of sp³-hybridized carbons (Fsp3) is 0.357. The van der Waals surface area contributed by atoms with Crippen LogP contribution in [0.3, 0.4) is 0 Å². The van der Waals surface area contributed by atoms with Crippen molar-refractivity contribution in [1.82, 2.24) is 4.90 Å². The van der Waals surface area contributed by atoms with Crippen molar-refractivity contribution in [3.05, 3.63) is 59.7 Å². The van der Waals surface area contributed by atoms with Gasteiger partial charge < -0.3 is 19.9 Å². The lowest BCUT2D eigenvalue weighted by Crippen LogP contribution is -2.60. The maximum atomic E-state index is 14.0. The minimum absolute atomic E-state index is 0.0928. The molecule has 2 saturated heterocycles. The number of benzene rings is 2. The average Bonchev–Trinajstić information content (AvgIpc) is 3.28. The third kappa shape index (κ3) is 3.59. The summed E-state index contributed by atoms with van der Waals surface area (Å²) in [5, 5.41) is 29.4. The van der Waals surface area contributed by atoms with Crippen molar-refractivity contribution in [2.45, 2.75) is 28.5 Å². The van der Waals surface area contributed by atoms with Crippen molar-refractivity contribution in [2.24, 2.45) is 17.8 Å². The molecule has 6 unspecified atom stereocenters. The molecule has 0 spiro atoms. The van der Waals surface area contributed by atoms with E-state index in [4.69, 9.17) is 27.9 Å². The van der Waals surface area contributed by atoms with Crippen LogP contribution in [0.5, 0.6) is 11.5 Å². The first kappa shape index (κ1) is 27.8. The Hall–Kier alpha value is -3.38. The molecule has 10 nitrogen and oxygen atoms in total. The average molecular weight is 599 g/mol. The molecule has 2 aromatic carbocycles. The Morgan fingerprint density at radius 3 is 2.41 bits per heavy atom. The number of hydrogen-bond acceptors (Lipinski definition) is 8. The number of anilines is 1. The van der Waals surface area contributed by atoms with Crippen molar-refractivity contribution in [2.75, 3.05) is 19.1 Å². The normalized spacial score (nSPS) is 32.5. The molecule has 2 heterocycles. The Morgan fingerprint density at radius 1 is 1.00 bits per heavy atom. The van der Waals surface area contributed by atoms with E-state index in [1.807, 2.05) is 0 Å². The third-order valence-electron chi connectivity index (χ3n) is 8.97. The zero-order valence-corrected chi connectivity index (χ0v) is 23.5. The molecule has 6 rings (SSSR count). The molecule has 2 aliphatic carbocycles. The highest BCUT2D eigenvalue weighted by molar-refractivity contribution is 6.58. The van der Waals surface area contributed by atoms with Gasteiger partial charge in [0, 0.05) is 24.6 Å². The Balaban J connectivity index is 1.51. The van der Waals surface area contributed by atoms with E-state index in [-0.39, 0.29) is 35.5 Å². The van der Waals surface area contributed by atoms with Crippen LogP contribution in [0.1, 0.15) is 24.3 Å². The maximum Gasteiger partial charge on any atom is 0.488 e. The van der Waals surface area contributed by atoms with Crippen molar-refractivity contribution < 1.29 is 39.1 Å². The second kappa shape index (κ2) is 9.32. The zero-order valence-electron chi connectivity index (χ0n) is 22.0. The minimum Gasteiger partial charge on any atom is -0.508 e. The second-order valence-corrected chi connectivity index (χ2v) is 12.1. The Bertz CT molecular complexity index is 1570. The number of carbonyl (C=O) groups is 4. The van der Waals surface area contributed by atoms with Crippen LogP contribution in [0.2, 0.25) is 0 Å². The van der Waals surface area contributed by atoms with Gasteiger partial charge in [-0.3, -0.25) is 29.0 Å². The standard InChI is InChI=1S/C28H25BCl2N2O8/c1-32-25(37)27(30)12-19-16(22(28(27,31)26(32)38)17-7-6-15(34)11-20(17)41-2)8-9-18-21(19)24(36)33(23(18)35)14-5-3-4-13(10-14)29(39)40/h3-8,10-11,18-19,21-22,34,39-40H,9,12H2,1-2H3. The number of hydrogen-bond donors (Lipinski definition) is 3. The molecule has 3 N–H and O–H groups in total. The molecule has 2 aliphatic heterocycles. The van der Waals surface area contributed by atoms with Gasteiger partial charge in [0.1, 0.15) is 11.5 Å². The van der Waals surface area contributed by atoms with Gasteiger partial charge in [-0.25, -0.2) is 0 Å². The quantitative estimate of drug-likeness (QED) is 0.207. The molecule has 1 saturated carbocycles. The number of nitrogens with zero attached hydrogens (tertiary/aromatic N) is 2. The predicted molar refractivity (Wildman–Crippen MR) is 149 cm³/mol. The van der Waals surface area contributed by atoms with Gasteiger partial charge >= 0.3 is 7.12 Å². The summed E-state index contributed by atoms with van der Waals surface area (Å²) in [6.45, 7) is 0. The number of imide groups is 2. The predicted octanol–water partition coefficient (Wildman–Crippen LogP) is 1.27. The van der Waals surface area contributed by atoms with E-state index < -0.39 is 64.2 Å².